The molecule has 9 heteroatoms. The first-order chi connectivity index (χ1) is 33.5. The Balaban J connectivity index is 3.89. The van der Waals surface area contributed by atoms with Crippen LogP contribution in [0.5, 0.6) is 0 Å². The highest BCUT2D eigenvalue weighted by Crippen LogP contribution is 2.38. The lowest BCUT2D eigenvalue weighted by atomic mass is 10.0. The number of likely N-dealkylation sites (N-methyl/N-ethyl adjacent to an activating group) is 1. The molecule has 394 valence electrons. The Morgan fingerprint density at radius 2 is 0.884 bits per heavy atom. The van der Waals surface area contributed by atoms with E-state index in [0.717, 1.165) is 103 Å². The van der Waals surface area contributed by atoms with Gasteiger partial charge in [-0.15, -0.1) is 0 Å². The van der Waals surface area contributed by atoms with Crippen LogP contribution in [0.25, 0.3) is 0 Å². The number of hydrogen-bond donors (Lipinski definition) is 2. The number of rotatable bonds is 48. The molecule has 0 saturated carbocycles. The fourth-order valence-electron chi connectivity index (χ4n) is 7.14. The monoisotopic (exact) mass is 979 g/mol. The smallest absolute Gasteiger partial charge is 0.268 e. The number of nitrogens with zero attached hydrogens (tertiary/aromatic N) is 1. The Kier molecular flexibility index (Phi) is 47.6. The fraction of sp³-hybridized carbons (Fsp3) is 0.650. The number of phosphoric acid groups is 1. The van der Waals surface area contributed by atoms with Gasteiger partial charge in [-0.05, 0) is 89.9 Å². The van der Waals surface area contributed by atoms with Gasteiger partial charge in [-0.3, -0.25) is 9.36 Å². The molecule has 69 heavy (non-hydrogen) atoms. The molecule has 0 aromatic carbocycles. The van der Waals surface area contributed by atoms with Crippen molar-refractivity contribution in [3.8, 4) is 0 Å². The summed E-state index contributed by atoms with van der Waals surface area (Å²) in [6.45, 7) is 4.42. The molecular formula is C60H103N2O6P. The number of carbonyl (C=O) groups is 1. The van der Waals surface area contributed by atoms with Crippen LogP contribution in [0, 0.1) is 0 Å². The van der Waals surface area contributed by atoms with Crippen LogP contribution in [0.1, 0.15) is 200 Å². The van der Waals surface area contributed by atoms with Gasteiger partial charge in [0.25, 0.3) is 7.82 Å². The fourth-order valence-corrected chi connectivity index (χ4v) is 7.87. The molecule has 0 saturated heterocycles. The van der Waals surface area contributed by atoms with Gasteiger partial charge in [0.15, 0.2) is 0 Å². The largest absolute Gasteiger partial charge is 0.756 e. The van der Waals surface area contributed by atoms with Gasteiger partial charge in [0.1, 0.15) is 13.2 Å². The molecule has 0 aromatic heterocycles. The van der Waals surface area contributed by atoms with Gasteiger partial charge in [0.2, 0.25) is 5.91 Å². The Hall–Kier alpha value is -3.10. The van der Waals surface area contributed by atoms with Crippen LogP contribution in [0.2, 0.25) is 0 Å². The summed E-state index contributed by atoms with van der Waals surface area (Å²) in [6, 6.07) is -0.890. The number of allylic oxidation sites excluding steroid dienone is 19. The minimum atomic E-state index is -4.58. The Morgan fingerprint density at radius 3 is 1.29 bits per heavy atom. The van der Waals surface area contributed by atoms with E-state index < -0.39 is 20.0 Å². The Morgan fingerprint density at radius 1 is 0.522 bits per heavy atom. The molecule has 0 aliphatic carbocycles. The number of quaternary nitrogens is 1. The van der Waals surface area contributed by atoms with Crippen molar-refractivity contribution >= 4 is 13.7 Å². The quantitative estimate of drug-likeness (QED) is 0.0272. The summed E-state index contributed by atoms with van der Waals surface area (Å²) < 4.78 is 23.1. The number of nitrogens with one attached hydrogen (secondary N) is 1. The zero-order valence-corrected chi connectivity index (χ0v) is 45.6. The normalized spacial score (nSPS) is 14.9. The predicted octanol–water partition coefficient (Wildman–Crippen LogP) is 16.0. The minimum absolute atomic E-state index is 0.00650. The maximum Gasteiger partial charge on any atom is 0.268 e. The third-order valence-electron chi connectivity index (χ3n) is 11.4. The summed E-state index contributed by atoms with van der Waals surface area (Å²) in [5, 5.41) is 13.6. The number of aliphatic hydroxyl groups is 1. The number of carbonyl (C=O) groups excluding carboxylic acids is 1. The lowest BCUT2D eigenvalue weighted by Gasteiger charge is -2.29. The molecule has 0 spiro atoms. The van der Waals surface area contributed by atoms with Gasteiger partial charge in [0.05, 0.1) is 39.9 Å². The van der Waals surface area contributed by atoms with Crippen LogP contribution in [0.3, 0.4) is 0 Å². The van der Waals surface area contributed by atoms with Gasteiger partial charge >= 0.3 is 0 Å². The van der Waals surface area contributed by atoms with E-state index in [9.17, 15) is 19.4 Å². The highest BCUT2D eigenvalue weighted by atomic mass is 31.2. The van der Waals surface area contributed by atoms with Crippen molar-refractivity contribution in [1.29, 1.82) is 0 Å². The lowest BCUT2D eigenvalue weighted by molar-refractivity contribution is -0.870. The molecule has 2 N–H and O–H groups in total. The van der Waals surface area contributed by atoms with Gasteiger partial charge in [-0.2, -0.15) is 0 Å². The van der Waals surface area contributed by atoms with Crippen LogP contribution < -0.4 is 10.2 Å². The summed E-state index contributed by atoms with van der Waals surface area (Å²) in [6.07, 6.45) is 74.6. The molecule has 0 aliphatic rings. The number of amides is 1. The molecule has 3 unspecified atom stereocenters. The second kappa shape index (κ2) is 49.9. The highest BCUT2D eigenvalue weighted by Gasteiger charge is 2.23. The SMILES string of the molecule is CC/C=C\C/C=C\C/C=C\C/C=C\C/C=C\C/C=C\C/C=C\C/C=C\C/C=C\CCCCCCCCCCCCCCCC(=O)NC(COP(=O)([O-])OCC[N+](C)(C)C)C(O)/C=C/CCCCCC. The van der Waals surface area contributed by atoms with Crippen molar-refractivity contribution in [2.45, 2.75) is 212 Å². The van der Waals surface area contributed by atoms with Gasteiger partial charge in [0, 0.05) is 6.42 Å². The molecule has 0 rings (SSSR count). The van der Waals surface area contributed by atoms with Crippen molar-refractivity contribution in [2.24, 2.45) is 0 Å². The summed E-state index contributed by atoms with van der Waals surface area (Å²) in [4.78, 5) is 25.2. The van der Waals surface area contributed by atoms with Crippen LogP contribution in [0.15, 0.2) is 122 Å². The molecule has 3 atom stereocenters. The minimum Gasteiger partial charge on any atom is -0.756 e. The summed E-state index contributed by atoms with van der Waals surface area (Å²) in [5.74, 6) is -0.210. The van der Waals surface area contributed by atoms with Crippen LogP contribution in [0.4, 0.5) is 0 Å². The third-order valence-corrected chi connectivity index (χ3v) is 12.4. The van der Waals surface area contributed by atoms with Crippen LogP contribution in [-0.2, 0) is 18.4 Å². The summed E-state index contributed by atoms with van der Waals surface area (Å²) >= 11 is 0. The second-order valence-electron chi connectivity index (χ2n) is 19.2. The molecular weight excluding hydrogens is 876 g/mol. The van der Waals surface area contributed by atoms with E-state index in [1.807, 2.05) is 27.2 Å². The zero-order chi connectivity index (χ0) is 50.6. The van der Waals surface area contributed by atoms with Gasteiger partial charge in [-0.1, -0.05) is 225 Å². The molecule has 0 bridgehead atoms. The maximum atomic E-state index is 12.8. The number of phosphoric ester groups is 1. The molecule has 1 amide bonds. The second-order valence-corrected chi connectivity index (χ2v) is 20.6. The third kappa shape index (κ3) is 52.6. The lowest BCUT2D eigenvalue weighted by Crippen LogP contribution is -2.45. The number of hydrogen-bond acceptors (Lipinski definition) is 6. The van der Waals surface area contributed by atoms with Crippen LogP contribution >= 0.6 is 7.82 Å². The first-order valence-electron chi connectivity index (χ1n) is 27.4. The van der Waals surface area contributed by atoms with E-state index in [2.05, 4.69) is 129 Å². The summed E-state index contributed by atoms with van der Waals surface area (Å²) in [5.41, 5.74) is 0. The van der Waals surface area contributed by atoms with Crippen LogP contribution in [-0.4, -0.2) is 68.5 Å². The van der Waals surface area contributed by atoms with E-state index in [0.29, 0.717) is 17.4 Å². The molecule has 0 radical (unpaired) electrons. The molecule has 8 nitrogen and oxygen atoms in total. The Bertz CT molecular complexity index is 1530. The van der Waals surface area contributed by atoms with E-state index in [1.165, 1.54) is 77.0 Å². The van der Waals surface area contributed by atoms with Crippen molar-refractivity contribution in [3.05, 3.63) is 122 Å². The summed E-state index contributed by atoms with van der Waals surface area (Å²) in [7, 11) is 1.24. The van der Waals surface area contributed by atoms with E-state index in [-0.39, 0.29) is 19.1 Å². The molecule has 0 heterocycles. The molecule has 0 aromatic rings. The topological polar surface area (TPSA) is 108 Å². The first kappa shape index (κ1) is 65.9. The van der Waals surface area contributed by atoms with Crippen molar-refractivity contribution in [1.82, 2.24) is 5.32 Å². The standard InChI is InChI=1S/C60H103N2O6P/c1-6-8-10-12-14-15-16-17-18-19-20-21-22-23-24-25-26-27-28-29-30-31-32-33-34-35-36-37-38-39-40-41-42-43-44-45-46-47-48-50-52-54-60(64)61-58(59(63)53-51-49-13-11-9-7-2)57-68-69(65,66)67-56-55-62(3,4)5/h8,10,14-15,17-18,20-21,23-24,26-27,29-30,32-33,35-36,51,53,58-59,63H,6-7,9,11-13,16,19,22,25,28,31,34,37-50,52,54-57H2,1-5H3,(H-,61,64,65,66)/b10-8-,15-14-,18-17-,21-20-,24-23-,27-26-,30-29-,33-32-,36-35-,53-51+. The zero-order valence-electron chi connectivity index (χ0n) is 44.7. The number of aliphatic hydroxyl groups excluding tert-OH is 1. The van der Waals surface area contributed by atoms with E-state index in [4.69, 9.17) is 9.05 Å². The average Bonchev–Trinajstić information content (AvgIpc) is 3.31. The Labute approximate surface area is 424 Å². The van der Waals surface area contributed by atoms with Crippen molar-refractivity contribution in [3.63, 3.8) is 0 Å². The predicted molar refractivity (Wildman–Crippen MR) is 297 cm³/mol. The van der Waals surface area contributed by atoms with Gasteiger partial charge in [-0.25, -0.2) is 0 Å². The molecule has 0 fully saturated rings. The van der Waals surface area contributed by atoms with Gasteiger partial charge < -0.3 is 28.8 Å². The first-order valence-corrected chi connectivity index (χ1v) is 28.9. The highest BCUT2D eigenvalue weighted by molar-refractivity contribution is 7.45. The average molecular weight is 979 g/mol. The van der Waals surface area contributed by atoms with Crippen molar-refractivity contribution < 1.29 is 32.9 Å². The van der Waals surface area contributed by atoms with Crippen molar-refractivity contribution in [2.75, 3.05) is 40.9 Å². The maximum absolute atomic E-state index is 12.8. The van der Waals surface area contributed by atoms with E-state index in [1.54, 1.807) is 6.08 Å². The van der Waals surface area contributed by atoms with E-state index >= 15 is 0 Å². The molecule has 0 aliphatic heterocycles. The number of unbranched alkanes of at least 4 members (excludes halogenated alkanes) is 17.